The maximum atomic E-state index is 2.62. The first-order chi connectivity index (χ1) is 12.9. The van der Waals surface area contributed by atoms with Gasteiger partial charge in [0.15, 0.2) is 0 Å². The van der Waals surface area contributed by atoms with Gasteiger partial charge in [0.25, 0.3) is 0 Å². The molecule has 0 amide bonds. The summed E-state index contributed by atoms with van der Waals surface area (Å²) in [5.41, 5.74) is 4.16. The van der Waals surface area contributed by atoms with E-state index < -0.39 is 0 Å². The van der Waals surface area contributed by atoms with Gasteiger partial charge in [-0.15, -0.1) is 0 Å². The minimum absolute atomic E-state index is 0.324. The number of benzene rings is 3. The Kier molecular flexibility index (Phi) is 5.48. The monoisotopic (exact) mass is 340 g/mol. The molecule has 130 valence electrons. The van der Waals surface area contributed by atoms with Gasteiger partial charge in [0.2, 0.25) is 0 Å². The Balaban J connectivity index is 1.62. The summed E-state index contributed by atoms with van der Waals surface area (Å²) in [6.07, 6.45) is 1.21. The lowest BCUT2D eigenvalue weighted by atomic mass is 9.62. The summed E-state index contributed by atoms with van der Waals surface area (Å²) in [5.74, 6) is 0. The van der Waals surface area contributed by atoms with E-state index in [0.717, 1.165) is 26.2 Å². The minimum atomic E-state index is 0.324. The molecule has 0 saturated carbocycles. The van der Waals surface area contributed by atoms with Crippen LogP contribution < -0.4 is 5.46 Å². The van der Waals surface area contributed by atoms with Crippen molar-refractivity contribution in [1.29, 1.82) is 0 Å². The predicted octanol–water partition coefficient (Wildman–Crippen LogP) is 3.79. The van der Waals surface area contributed by atoms with Crippen LogP contribution in [0, 0.1) is 0 Å². The van der Waals surface area contributed by atoms with Crippen LogP contribution in [0.2, 0.25) is 0 Å². The predicted molar refractivity (Wildman–Crippen MR) is 110 cm³/mol. The summed E-state index contributed by atoms with van der Waals surface area (Å²) in [6, 6.07) is 32.6. The lowest BCUT2D eigenvalue weighted by molar-refractivity contribution is 0.278. The smallest absolute Gasteiger partial charge is 0.320 e. The molecule has 26 heavy (non-hydrogen) atoms. The highest BCUT2D eigenvalue weighted by Gasteiger charge is 2.35. The van der Waals surface area contributed by atoms with Gasteiger partial charge in [-0.3, -0.25) is 0 Å². The minimum Gasteiger partial charge on any atom is -0.320 e. The molecule has 0 bridgehead atoms. The fourth-order valence-electron chi connectivity index (χ4n) is 3.97. The Morgan fingerprint density at radius 1 is 0.577 bits per heavy atom. The van der Waals surface area contributed by atoms with Crippen LogP contribution >= 0.6 is 0 Å². The van der Waals surface area contributed by atoms with Gasteiger partial charge in [0.1, 0.15) is 0 Å². The molecule has 3 aromatic carbocycles. The molecule has 1 aliphatic heterocycles. The summed E-state index contributed by atoms with van der Waals surface area (Å²) in [7, 11) is 0. The summed E-state index contributed by atoms with van der Waals surface area (Å²) in [6.45, 7) is 4.59. The number of nitrogens with zero attached hydrogens (tertiary/aromatic N) is 2. The second-order valence-corrected chi connectivity index (χ2v) is 7.05. The van der Waals surface area contributed by atoms with Gasteiger partial charge < -0.3 is 9.62 Å². The third-order valence-electron chi connectivity index (χ3n) is 5.14. The van der Waals surface area contributed by atoms with Crippen molar-refractivity contribution in [2.24, 2.45) is 0 Å². The van der Waals surface area contributed by atoms with E-state index in [-0.39, 0.29) is 0 Å². The maximum absolute atomic E-state index is 2.62. The molecule has 1 saturated heterocycles. The first kappa shape index (κ1) is 17.1. The van der Waals surface area contributed by atoms with E-state index in [9.17, 15) is 0 Å². The van der Waals surface area contributed by atoms with Crippen molar-refractivity contribution < 1.29 is 0 Å². The van der Waals surface area contributed by atoms with Crippen molar-refractivity contribution >= 4 is 12.4 Å². The fraction of sp³-hybridized carbons (Fsp3) is 0.217. The van der Waals surface area contributed by atoms with Crippen LogP contribution in [0.4, 0.5) is 0 Å². The first-order valence-electron chi connectivity index (χ1n) is 9.51. The molecule has 0 atom stereocenters. The van der Waals surface area contributed by atoms with Crippen LogP contribution in [0.15, 0.2) is 91.0 Å². The molecule has 1 fully saturated rings. The van der Waals surface area contributed by atoms with E-state index in [1.54, 1.807) is 0 Å². The van der Waals surface area contributed by atoms with E-state index in [4.69, 9.17) is 0 Å². The van der Waals surface area contributed by atoms with Crippen molar-refractivity contribution in [3.63, 3.8) is 0 Å². The quantitative estimate of drug-likeness (QED) is 0.652. The van der Waals surface area contributed by atoms with Crippen molar-refractivity contribution in [3.8, 4) is 0 Å². The van der Waals surface area contributed by atoms with E-state index in [1.807, 2.05) is 0 Å². The molecule has 4 rings (SSSR count). The zero-order valence-electron chi connectivity index (χ0n) is 15.2. The lowest BCUT2D eigenvalue weighted by Crippen LogP contribution is -2.63. The topological polar surface area (TPSA) is 6.48 Å². The Morgan fingerprint density at radius 2 is 1.00 bits per heavy atom. The van der Waals surface area contributed by atoms with Gasteiger partial charge in [0, 0.05) is 13.1 Å². The van der Waals surface area contributed by atoms with E-state index in [1.165, 1.54) is 23.0 Å². The number of rotatable bonds is 5. The summed E-state index contributed by atoms with van der Waals surface area (Å²) in [4.78, 5) is 5.24. The molecule has 3 heteroatoms. The molecular formula is C23H25BN2. The van der Waals surface area contributed by atoms with Crippen LogP contribution in [-0.2, 0) is 13.1 Å². The zero-order valence-corrected chi connectivity index (χ0v) is 15.2. The fourth-order valence-corrected chi connectivity index (χ4v) is 3.97. The van der Waals surface area contributed by atoms with Crippen molar-refractivity contribution in [1.82, 2.24) is 9.62 Å². The normalized spacial score (nSPS) is 15.9. The summed E-state index contributed by atoms with van der Waals surface area (Å²) in [5, 5.41) is 0. The molecule has 0 radical (unpaired) electrons. The Morgan fingerprint density at radius 3 is 1.46 bits per heavy atom. The van der Waals surface area contributed by atoms with Gasteiger partial charge in [-0.25, -0.2) is 0 Å². The largest absolute Gasteiger partial charge is 0.346 e. The first-order valence-corrected chi connectivity index (χ1v) is 9.51. The Hall–Kier alpha value is -2.36. The van der Waals surface area contributed by atoms with Crippen LogP contribution in [0.25, 0.3) is 0 Å². The zero-order chi connectivity index (χ0) is 17.6. The average molecular weight is 340 g/mol. The van der Waals surface area contributed by atoms with Crippen LogP contribution in [0.3, 0.4) is 0 Å². The molecule has 3 aromatic rings. The van der Waals surface area contributed by atoms with E-state index in [0.29, 0.717) is 6.98 Å². The van der Waals surface area contributed by atoms with Crippen LogP contribution in [0.5, 0.6) is 0 Å². The van der Waals surface area contributed by atoms with Crippen molar-refractivity contribution in [3.05, 3.63) is 102 Å². The van der Waals surface area contributed by atoms with E-state index >= 15 is 0 Å². The number of hydrogen-bond donors (Lipinski definition) is 0. The summed E-state index contributed by atoms with van der Waals surface area (Å²) < 4.78 is 0. The van der Waals surface area contributed by atoms with Gasteiger partial charge in [0.05, 0.1) is 0 Å². The Labute approximate surface area is 157 Å². The molecule has 0 unspecified atom stereocenters. The Bertz CT molecular complexity index is 743. The van der Waals surface area contributed by atoms with Gasteiger partial charge >= 0.3 is 6.98 Å². The van der Waals surface area contributed by atoms with Gasteiger partial charge in [-0.1, -0.05) is 91.0 Å². The van der Waals surface area contributed by atoms with E-state index in [2.05, 4.69) is 101 Å². The van der Waals surface area contributed by atoms with Gasteiger partial charge in [-0.2, -0.15) is 0 Å². The molecule has 0 aliphatic carbocycles. The highest BCUT2D eigenvalue weighted by atomic mass is 15.2. The third kappa shape index (κ3) is 4.06. The standard InChI is InChI=1S/C23H25BN2/c1-4-11-21(12-5-1)19-25-17-10-18-26(20-22-13-6-2-7-14-22)24(25)23-15-8-3-9-16-23/h1-9,11-16H,10,17-20H2. The maximum Gasteiger partial charge on any atom is 0.346 e. The molecule has 0 aromatic heterocycles. The van der Waals surface area contributed by atoms with Crippen LogP contribution in [-0.4, -0.2) is 29.7 Å². The molecule has 2 nitrogen and oxygen atoms in total. The van der Waals surface area contributed by atoms with Crippen LogP contribution in [0.1, 0.15) is 17.5 Å². The molecule has 0 spiro atoms. The second kappa shape index (κ2) is 8.35. The number of hydrogen-bond acceptors (Lipinski definition) is 2. The third-order valence-corrected chi connectivity index (χ3v) is 5.14. The van der Waals surface area contributed by atoms with Gasteiger partial charge in [-0.05, 0) is 36.1 Å². The molecular weight excluding hydrogens is 315 g/mol. The second-order valence-electron chi connectivity index (χ2n) is 7.05. The molecule has 1 heterocycles. The lowest BCUT2D eigenvalue weighted by Gasteiger charge is -2.42. The van der Waals surface area contributed by atoms with Crippen molar-refractivity contribution in [2.45, 2.75) is 19.5 Å². The SMILES string of the molecule is c1ccc(CN2CCCN(Cc3ccccc3)B2c2ccccc2)cc1. The van der Waals surface area contributed by atoms with Crippen molar-refractivity contribution in [2.75, 3.05) is 13.1 Å². The average Bonchev–Trinajstić information content (AvgIpc) is 2.70. The highest BCUT2D eigenvalue weighted by molar-refractivity contribution is 6.68. The molecule has 1 aliphatic rings. The highest BCUT2D eigenvalue weighted by Crippen LogP contribution is 2.18. The molecule has 0 N–H and O–H groups in total. The summed E-state index contributed by atoms with van der Waals surface area (Å²) >= 11 is 0.